The molecule has 6 nitrogen and oxygen atoms in total. The van der Waals surface area contributed by atoms with Gasteiger partial charge >= 0.3 is 12.1 Å². The Labute approximate surface area is 125 Å². The Hall–Kier alpha value is -1.59. The first kappa shape index (κ1) is 17.5. The molecule has 1 amide bonds. The van der Waals surface area contributed by atoms with Crippen LogP contribution in [0.1, 0.15) is 59.3 Å². The molecular weight excluding hydrogens is 274 g/mol. The third kappa shape index (κ3) is 7.11. The molecule has 0 aliphatic heterocycles. The van der Waals surface area contributed by atoms with Crippen molar-refractivity contribution in [2.75, 3.05) is 0 Å². The number of carbonyl (C=O) groups is 3. The van der Waals surface area contributed by atoms with Crippen molar-refractivity contribution in [2.24, 2.45) is 5.92 Å². The van der Waals surface area contributed by atoms with Crippen LogP contribution in [0.3, 0.4) is 0 Å². The molecule has 1 rings (SSSR count). The first-order valence-electron chi connectivity index (χ1n) is 7.41. The van der Waals surface area contributed by atoms with Crippen LogP contribution in [0, 0.1) is 5.92 Å². The number of amides is 1. The smallest absolute Gasteiger partial charge is 0.408 e. The summed E-state index contributed by atoms with van der Waals surface area (Å²) in [6, 6.07) is -1.23. The maximum Gasteiger partial charge on any atom is 0.408 e. The molecule has 2 N–H and O–H groups in total. The van der Waals surface area contributed by atoms with E-state index < -0.39 is 23.7 Å². The fourth-order valence-corrected chi connectivity index (χ4v) is 2.50. The Morgan fingerprint density at radius 1 is 1.24 bits per heavy atom. The number of hydrogen-bond acceptors (Lipinski definition) is 4. The van der Waals surface area contributed by atoms with Crippen molar-refractivity contribution in [3.05, 3.63) is 0 Å². The lowest BCUT2D eigenvalue weighted by Gasteiger charge is -2.22. The van der Waals surface area contributed by atoms with Gasteiger partial charge in [-0.05, 0) is 26.7 Å². The fourth-order valence-electron chi connectivity index (χ4n) is 2.50. The van der Waals surface area contributed by atoms with E-state index in [1.54, 1.807) is 20.8 Å². The Morgan fingerprint density at radius 2 is 1.81 bits per heavy atom. The number of hydrogen-bond donors (Lipinski definition) is 2. The van der Waals surface area contributed by atoms with E-state index in [2.05, 4.69) is 5.32 Å². The number of carbonyl (C=O) groups excluding carboxylic acids is 2. The first-order chi connectivity index (χ1) is 9.67. The van der Waals surface area contributed by atoms with Gasteiger partial charge in [0.25, 0.3) is 0 Å². The van der Waals surface area contributed by atoms with Gasteiger partial charge < -0.3 is 15.2 Å². The van der Waals surface area contributed by atoms with Crippen molar-refractivity contribution in [1.29, 1.82) is 0 Å². The highest BCUT2D eigenvalue weighted by Crippen LogP contribution is 2.28. The molecular formula is C15H25NO5. The second kappa shape index (κ2) is 7.43. The number of rotatable bonds is 6. The first-order valence-corrected chi connectivity index (χ1v) is 7.41. The number of carboxylic acids is 1. The minimum atomic E-state index is -1.23. The lowest BCUT2D eigenvalue weighted by atomic mass is 9.97. The summed E-state index contributed by atoms with van der Waals surface area (Å²) in [6.07, 6.45) is 3.73. The standard InChI is InChI=1S/C15H25NO5/c1-15(2,3)21-14(20)16-12(13(18)19)9-11(17)8-10-6-4-5-7-10/h10,12H,4-9H2,1-3H3,(H,16,20)(H,18,19)/t12-/m0/s1. The summed E-state index contributed by atoms with van der Waals surface area (Å²) in [7, 11) is 0. The predicted molar refractivity (Wildman–Crippen MR) is 77.0 cm³/mol. The number of carboxylic acid groups (broad SMARTS) is 1. The van der Waals surface area contributed by atoms with Gasteiger partial charge in [-0.3, -0.25) is 4.79 Å². The zero-order valence-corrected chi connectivity index (χ0v) is 13.0. The van der Waals surface area contributed by atoms with E-state index in [9.17, 15) is 14.4 Å². The Bertz CT molecular complexity index is 393. The van der Waals surface area contributed by atoms with Crippen LogP contribution >= 0.6 is 0 Å². The second-order valence-electron chi connectivity index (χ2n) is 6.63. The van der Waals surface area contributed by atoms with Gasteiger partial charge in [-0.1, -0.05) is 25.7 Å². The average molecular weight is 299 g/mol. The van der Waals surface area contributed by atoms with E-state index in [1.165, 1.54) is 0 Å². The third-order valence-electron chi connectivity index (χ3n) is 3.41. The molecule has 1 fully saturated rings. The van der Waals surface area contributed by atoms with Gasteiger partial charge in [0, 0.05) is 12.8 Å². The van der Waals surface area contributed by atoms with Crippen molar-refractivity contribution in [2.45, 2.75) is 70.9 Å². The number of ether oxygens (including phenoxy) is 1. The monoisotopic (exact) mass is 299 g/mol. The zero-order valence-electron chi connectivity index (χ0n) is 13.0. The normalized spacial score (nSPS) is 17.3. The maximum absolute atomic E-state index is 11.9. The predicted octanol–water partition coefficient (Wildman–Crippen LogP) is 2.50. The Kier molecular flexibility index (Phi) is 6.18. The molecule has 0 aromatic heterocycles. The number of alkyl carbamates (subject to hydrolysis) is 1. The van der Waals surface area contributed by atoms with Gasteiger partial charge in [0.2, 0.25) is 0 Å². The highest BCUT2D eigenvalue weighted by Gasteiger charge is 2.27. The van der Waals surface area contributed by atoms with E-state index in [0.717, 1.165) is 25.7 Å². The van der Waals surface area contributed by atoms with Crippen LogP contribution in [-0.4, -0.2) is 34.6 Å². The molecule has 0 spiro atoms. The van der Waals surface area contributed by atoms with Gasteiger partial charge in [-0.15, -0.1) is 0 Å². The SMILES string of the molecule is CC(C)(C)OC(=O)N[C@@H](CC(=O)CC1CCCC1)C(=O)O. The lowest BCUT2D eigenvalue weighted by Crippen LogP contribution is -2.44. The van der Waals surface area contributed by atoms with Crippen molar-refractivity contribution in [3.63, 3.8) is 0 Å². The summed E-state index contributed by atoms with van der Waals surface area (Å²) >= 11 is 0. The van der Waals surface area contributed by atoms with Gasteiger partial charge in [-0.2, -0.15) is 0 Å². The number of nitrogens with one attached hydrogen (secondary N) is 1. The second-order valence-corrected chi connectivity index (χ2v) is 6.63. The van der Waals surface area contributed by atoms with E-state index >= 15 is 0 Å². The number of aliphatic carboxylic acids is 1. The van der Waals surface area contributed by atoms with Crippen LogP contribution in [0.2, 0.25) is 0 Å². The van der Waals surface area contributed by atoms with Gasteiger partial charge in [-0.25, -0.2) is 9.59 Å². The molecule has 0 saturated heterocycles. The number of Topliss-reactive ketones (excluding diaryl/α,β-unsaturated/α-hetero) is 1. The molecule has 1 aliphatic carbocycles. The van der Waals surface area contributed by atoms with Crippen LogP contribution in [0.5, 0.6) is 0 Å². The molecule has 0 radical (unpaired) electrons. The van der Waals surface area contributed by atoms with Crippen LogP contribution in [-0.2, 0) is 14.3 Å². The Balaban J connectivity index is 2.47. The van der Waals surface area contributed by atoms with Crippen LogP contribution in [0.25, 0.3) is 0 Å². The molecule has 1 saturated carbocycles. The van der Waals surface area contributed by atoms with E-state index in [1.807, 2.05) is 0 Å². The summed E-state index contributed by atoms with van der Waals surface area (Å²) in [6.45, 7) is 5.06. The quantitative estimate of drug-likeness (QED) is 0.786. The van der Waals surface area contributed by atoms with Gasteiger partial charge in [0.05, 0.1) is 0 Å². The van der Waals surface area contributed by atoms with Crippen LogP contribution < -0.4 is 5.32 Å². The van der Waals surface area contributed by atoms with Gasteiger partial charge in [0.1, 0.15) is 17.4 Å². The molecule has 6 heteroatoms. The molecule has 0 bridgehead atoms. The summed E-state index contributed by atoms with van der Waals surface area (Å²) in [5.41, 5.74) is -0.707. The highest BCUT2D eigenvalue weighted by atomic mass is 16.6. The molecule has 0 heterocycles. The van der Waals surface area contributed by atoms with E-state index in [-0.39, 0.29) is 12.2 Å². The summed E-state index contributed by atoms with van der Waals surface area (Å²) in [5, 5.41) is 11.4. The van der Waals surface area contributed by atoms with E-state index in [4.69, 9.17) is 9.84 Å². The molecule has 1 aliphatic rings. The molecule has 0 aromatic carbocycles. The minimum Gasteiger partial charge on any atom is -0.480 e. The maximum atomic E-state index is 11.9. The van der Waals surface area contributed by atoms with Crippen molar-refractivity contribution < 1.29 is 24.2 Å². The van der Waals surface area contributed by atoms with Crippen molar-refractivity contribution in [1.82, 2.24) is 5.32 Å². The summed E-state index contributed by atoms with van der Waals surface area (Å²) < 4.78 is 5.01. The third-order valence-corrected chi connectivity index (χ3v) is 3.41. The summed E-state index contributed by atoms with van der Waals surface area (Å²) in [5.74, 6) is -0.973. The largest absolute Gasteiger partial charge is 0.480 e. The number of ketones is 1. The fraction of sp³-hybridized carbons (Fsp3) is 0.800. The highest BCUT2D eigenvalue weighted by molar-refractivity contribution is 5.88. The average Bonchev–Trinajstić information content (AvgIpc) is 2.77. The Morgan fingerprint density at radius 3 is 2.29 bits per heavy atom. The van der Waals surface area contributed by atoms with Gasteiger partial charge in [0.15, 0.2) is 0 Å². The van der Waals surface area contributed by atoms with Crippen molar-refractivity contribution in [3.8, 4) is 0 Å². The molecule has 0 unspecified atom stereocenters. The van der Waals surface area contributed by atoms with Crippen LogP contribution in [0.4, 0.5) is 4.79 Å². The molecule has 21 heavy (non-hydrogen) atoms. The van der Waals surface area contributed by atoms with E-state index in [0.29, 0.717) is 12.3 Å². The summed E-state index contributed by atoms with van der Waals surface area (Å²) in [4.78, 5) is 34.7. The molecule has 120 valence electrons. The van der Waals surface area contributed by atoms with Crippen molar-refractivity contribution >= 4 is 17.8 Å². The minimum absolute atomic E-state index is 0.120. The zero-order chi connectivity index (χ0) is 16.0. The lowest BCUT2D eigenvalue weighted by molar-refractivity contribution is -0.141. The molecule has 1 atom stereocenters. The topological polar surface area (TPSA) is 92.7 Å². The molecule has 0 aromatic rings. The van der Waals surface area contributed by atoms with Crippen LogP contribution in [0.15, 0.2) is 0 Å².